The van der Waals surface area contributed by atoms with Crippen LogP contribution in [-0.2, 0) is 14.3 Å². The first-order chi connectivity index (χ1) is 11.4. The molecule has 132 valence electrons. The third-order valence-corrected chi connectivity index (χ3v) is 3.13. The summed E-state index contributed by atoms with van der Waals surface area (Å²) in [5.41, 5.74) is 0.412. The van der Waals surface area contributed by atoms with E-state index in [-0.39, 0.29) is 19.1 Å². The van der Waals surface area contributed by atoms with Gasteiger partial charge in [0.2, 0.25) is 0 Å². The van der Waals surface area contributed by atoms with E-state index in [9.17, 15) is 14.4 Å². The number of carbonyl (C=O) groups is 3. The first-order valence-electron chi connectivity index (χ1n) is 7.81. The van der Waals surface area contributed by atoms with Gasteiger partial charge in [-0.05, 0) is 30.7 Å². The highest BCUT2D eigenvalue weighted by atomic mass is 16.5. The highest BCUT2D eigenvalue weighted by Gasteiger charge is 2.11. The second-order valence-electron chi connectivity index (χ2n) is 5.36. The Balaban J connectivity index is 2.36. The number of hydrogen-bond acceptors (Lipinski definition) is 5. The molecule has 24 heavy (non-hydrogen) atoms. The number of carbonyl (C=O) groups excluding carboxylic acids is 3. The molecule has 1 rings (SSSR count). The molecule has 2 amide bonds. The summed E-state index contributed by atoms with van der Waals surface area (Å²) in [4.78, 5) is 36.0. The molecule has 1 N–H and O–H groups in total. The van der Waals surface area contributed by atoms with E-state index in [0.29, 0.717) is 17.9 Å². The molecule has 0 fully saturated rings. The van der Waals surface area contributed by atoms with Gasteiger partial charge in [-0.3, -0.25) is 14.4 Å². The van der Waals surface area contributed by atoms with Crippen LogP contribution in [0.3, 0.4) is 0 Å². The largest absolute Gasteiger partial charge is 0.494 e. The van der Waals surface area contributed by atoms with Crippen LogP contribution in [0.15, 0.2) is 24.3 Å². The van der Waals surface area contributed by atoms with Crippen molar-refractivity contribution in [2.24, 2.45) is 0 Å². The normalized spacial score (nSPS) is 9.96. The minimum Gasteiger partial charge on any atom is -0.494 e. The number of nitrogens with one attached hydrogen (secondary N) is 1. The summed E-state index contributed by atoms with van der Waals surface area (Å²) in [6.45, 7) is 2.08. The SMILES string of the molecule is CCCCOc1ccc(C(=O)NCC(=O)OCC(=O)N(C)C)cc1. The molecule has 0 aliphatic carbocycles. The summed E-state index contributed by atoms with van der Waals surface area (Å²) < 4.78 is 10.3. The molecule has 7 heteroatoms. The lowest BCUT2D eigenvalue weighted by atomic mass is 10.2. The van der Waals surface area contributed by atoms with Crippen LogP contribution in [-0.4, -0.2) is 56.5 Å². The van der Waals surface area contributed by atoms with Crippen LogP contribution < -0.4 is 10.1 Å². The van der Waals surface area contributed by atoms with Crippen LogP contribution in [0.1, 0.15) is 30.1 Å². The van der Waals surface area contributed by atoms with Gasteiger partial charge >= 0.3 is 5.97 Å². The number of unbranched alkanes of at least 4 members (excludes halogenated alkanes) is 1. The molecular weight excluding hydrogens is 312 g/mol. The zero-order valence-corrected chi connectivity index (χ0v) is 14.3. The topological polar surface area (TPSA) is 84.9 Å². The van der Waals surface area contributed by atoms with Crippen LogP contribution in [0.25, 0.3) is 0 Å². The number of benzene rings is 1. The molecule has 0 saturated carbocycles. The summed E-state index contributed by atoms with van der Waals surface area (Å²) in [5, 5.41) is 2.44. The molecular formula is C17H24N2O5. The highest BCUT2D eigenvalue weighted by molar-refractivity contribution is 5.96. The molecule has 0 spiro atoms. The lowest BCUT2D eigenvalue weighted by Crippen LogP contribution is -2.33. The van der Waals surface area contributed by atoms with Crippen molar-refractivity contribution in [3.8, 4) is 5.75 Å². The Hall–Kier alpha value is -2.57. The number of hydrogen-bond donors (Lipinski definition) is 1. The Bertz CT molecular complexity index is 555. The highest BCUT2D eigenvalue weighted by Crippen LogP contribution is 2.12. The van der Waals surface area contributed by atoms with Gasteiger partial charge in [0.15, 0.2) is 6.61 Å². The number of likely N-dealkylation sites (N-methyl/N-ethyl adjacent to an activating group) is 1. The number of rotatable bonds is 9. The predicted octanol–water partition coefficient (Wildman–Crippen LogP) is 1.23. The van der Waals surface area contributed by atoms with Crippen molar-refractivity contribution in [2.75, 3.05) is 33.9 Å². The second kappa shape index (κ2) is 10.3. The summed E-state index contributed by atoms with van der Waals surface area (Å²) in [5.74, 6) is -0.695. The van der Waals surface area contributed by atoms with E-state index >= 15 is 0 Å². The Morgan fingerprint density at radius 1 is 1.12 bits per heavy atom. The zero-order chi connectivity index (χ0) is 17.9. The van der Waals surface area contributed by atoms with Gasteiger partial charge < -0.3 is 19.7 Å². The molecule has 7 nitrogen and oxygen atoms in total. The Morgan fingerprint density at radius 3 is 2.38 bits per heavy atom. The first kappa shape index (κ1) is 19.5. The van der Waals surface area contributed by atoms with Crippen LogP contribution in [0.2, 0.25) is 0 Å². The van der Waals surface area contributed by atoms with Gasteiger partial charge in [-0.2, -0.15) is 0 Å². The molecule has 0 aromatic heterocycles. The van der Waals surface area contributed by atoms with Gasteiger partial charge in [-0.15, -0.1) is 0 Å². The number of nitrogens with zero attached hydrogens (tertiary/aromatic N) is 1. The Kier molecular flexibility index (Phi) is 8.32. The number of amides is 2. The summed E-state index contributed by atoms with van der Waals surface area (Å²) in [7, 11) is 3.13. The third-order valence-electron chi connectivity index (χ3n) is 3.13. The van der Waals surface area contributed by atoms with Crippen molar-refractivity contribution in [1.29, 1.82) is 0 Å². The fourth-order valence-electron chi connectivity index (χ4n) is 1.61. The van der Waals surface area contributed by atoms with E-state index in [2.05, 4.69) is 12.2 Å². The van der Waals surface area contributed by atoms with E-state index in [1.807, 2.05) is 0 Å². The first-order valence-corrected chi connectivity index (χ1v) is 7.81. The maximum absolute atomic E-state index is 11.9. The fourth-order valence-corrected chi connectivity index (χ4v) is 1.61. The van der Waals surface area contributed by atoms with E-state index in [0.717, 1.165) is 12.8 Å². The number of esters is 1. The van der Waals surface area contributed by atoms with Crippen molar-refractivity contribution in [3.05, 3.63) is 29.8 Å². The monoisotopic (exact) mass is 336 g/mol. The minimum atomic E-state index is -0.668. The molecule has 0 aliphatic rings. The average molecular weight is 336 g/mol. The van der Waals surface area contributed by atoms with E-state index in [4.69, 9.17) is 9.47 Å². The quantitative estimate of drug-likeness (QED) is 0.541. The van der Waals surface area contributed by atoms with Crippen LogP contribution in [0.4, 0.5) is 0 Å². The smallest absolute Gasteiger partial charge is 0.325 e. The van der Waals surface area contributed by atoms with Crippen LogP contribution in [0.5, 0.6) is 5.75 Å². The standard InChI is InChI=1S/C17H24N2O5/c1-4-5-10-23-14-8-6-13(7-9-14)17(22)18-11-16(21)24-12-15(20)19(2)3/h6-9H,4-5,10-12H2,1-3H3,(H,18,22). The minimum absolute atomic E-state index is 0.297. The molecule has 0 unspecified atom stereocenters. The summed E-state index contributed by atoms with van der Waals surface area (Å²) in [6, 6.07) is 6.66. The molecule has 0 aliphatic heterocycles. The van der Waals surface area contributed by atoms with Gasteiger partial charge in [0, 0.05) is 19.7 Å². The van der Waals surface area contributed by atoms with E-state index in [1.165, 1.54) is 4.90 Å². The average Bonchev–Trinajstić information content (AvgIpc) is 2.58. The predicted molar refractivity (Wildman–Crippen MR) is 88.8 cm³/mol. The lowest BCUT2D eigenvalue weighted by Gasteiger charge is -2.11. The van der Waals surface area contributed by atoms with Crippen LogP contribution >= 0.6 is 0 Å². The Labute approximate surface area is 141 Å². The molecule has 1 aromatic rings. The van der Waals surface area contributed by atoms with Crippen molar-refractivity contribution in [2.45, 2.75) is 19.8 Å². The molecule has 0 atom stereocenters. The van der Waals surface area contributed by atoms with Gasteiger partial charge in [0.25, 0.3) is 11.8 Å². The molecule has 0 saturated heterocycles. The molecule has 0 bridgehead atoms. The van der Waals surface area contributed by atoms with Crippen molar-refractivity contribution < 1.29 is 23.9 Å². The van der Waals surface area contributed by atoms with Gasteiger partial charge in [0.1, 0.15) is 12.3 Å². The molecule has 1 aromatic carbocycles. The van der Waals surface area contributed by atoms with E-state index < -0.39 is 11.9 Å². The molecule has 0 radical (unpaired) electrons. The Morgan fingerprint density at radius 2 is 1.79 bits per heavy atom. The van der Waals surface area contributed by atoms with Crippen molar-refractivity contribution >= 4 is 17.8 Å². The summed E-state index contributed by atoms with van der Waals surface area (Å²) in [6.07, 6.45) is 2.03. The number of ether oxygens (including phenoxy) is 2. The molecule has 0 heterocycles. The van der Waals surface area contributed by atoms with E-state index in [1.54, 1.807) is 38.4 Å². The maximum Gasteiger partial charge on any atom is 0.325 e. The lowest BCUT2D eigenvalue weighted by molar-refractivity contribution is -0.150. The second-order valence-corrected chi connectivity index (χ2v) is 5.36. The van der Waals surface area contributed by atoms with Crippen molar-refractivity contribution in [1.82, 2.24) is 10.2 Å². The van der Waals surface area contributed by atoms with Gasteiger partial charge in [-0.1, -0.05) is 13.3 Å². The van der Waals surface area contributed by atoms with Crippen LogP contribution in [0, 0.1) is 0 Å². The maximum atomic E-state index is 11.9. The van der Waals surface area contributed by atoms with Gasteiger partial charge in [-0.25, -0.2) is 0 Å². The summed E-state index contributed by atoms with van der Waals surface area (Å²) >= 11 is 0. The fraction of sp³-hybridized carbons (Fsp3) is 0.471. The van der Waals surface area contributed by atoms with Gasteiger partial charge in [0.05, 0.1) is 6.61 Å². The third kappa shape index (κ3) is 7.13. The van der Waals surface area contributed by atoms with Crippen molar-refractivity contribution in [3.63, 3.8) is 0 Å². The zero-order valence-electron chi connectivity index (χ0n) is 14.3.